The van der Waals surface area contributed by atoms with Gasteiger partial charge in [-0.2, -0.15) is 0 Å². The fourth-order valence-corrected chi connectivity index (χ4v) is 2.20. The molecule has 7 heteroatoms. The summed E-state index contributed by atoms with van der Waals surface area (Å²) in [5, 5.41) is 13.8. The first-order valence-electron chi connectivity index (χ1n) is 5.50. The van der Waals surface area contributed by atoms with Gasteiger partial charge in [0.1, 0.15) is 5.69 Å². The number of benzene rings is 1. The predicted molar refractivity (Wildman–Crippen MR) is 74.1 cm³/mol. The number of hydrogen-bond donors (Lipinski definition) is 2. The van der Waals surface area contributed by atoms with Crippen LogP contribution in [0.1, 0.15) is 13.3 Å². The highest BCUT2D eigenvalue weighted by molar-refractivity contribution is 7.84. The van der Waals surface area contributed by atoms with Gasteiger partial charge in [0, 0.05) is 40.6 Å². The van der Waals surface area contributed by atoms with Crippen LogP contribution >= 0.6 is 0 Å². The van der Waals surface area contributed by atoms with Gasteiger partial charge in [0.2, 0.25) is 0 Å². The summed E-state index contributed by atoms with van der Waals surface area (Å²) in [4.78, 5) is 10.1. The topological polar surface area (TPSA) is 98.3 Å². The molecule has 0 aliphatic heterocycles. The van der Waals surface area contributed by atoms with Gasteiger partial charge in [-0.3, -0.25) is 14.3 Å². The van der Waals surface area contributed by atoms with E-state index in [0.717, 1.165) is 12.1 Å². The highest BCUT2D eigenvalue weighted by Gasteiger charge is 2.12. The molecule has 0 aliphatic carbocycles. The molecule has 0 saturated heterocycles. The van der Waals surface area contributed by atoms with Crippen LogP contribution < -0.4 is 11.1 Å². The van der Waals surface area contributed by atoms with Crippen molar-refractivity contribution in [1.29, 1.82) is 0 Å². The molecule has 0 heterocycles. The first-order valence-corrected chi connectivity index (χ1v) is 7.23. The second-order valence-electron chi connectivity index (χ2n) is 4.14. The number of hydrogen-bond acceptors (Lipinski definition) is 5. The Morgan fingerprint density at radius 1 is 1.56 bits per heavy atom. The van der Waals surface area contributed by atoms with Gasteiger partial charge in [-0.05, 0) is 25.5 Å². The van der Waals surface area contributed by atoms with Crippen LogP contribution in [0.2, 0.25) is 0 Å². The van der Waals surface area contributed by atoms with E-state index in [-0.39, 0.29) is 17.4 Å². The van der Waals surface area contributed by atoms with Gasteiger partial charge in [-0.1, -0.05) is 0 Å². The monoisotopic (exact) mass is 271 g/mol. The lowest BCUT2D eigenvalue weighted by molar-refractivity contribution is -0.383. The number of nitrogens with one attached hydrogen (secondary N) is 1. The maximum Gasteiger partial charge on any atom is 0.292 e. The fraction of sp³-hybridized carbons (Fsp3) is 0.455. The van der Waals surface area contributed by atoms with Crippen molar-refractivity contribution in [1.82, 2.24) is 0 Å². The quantitative estimate of drug-likeness (QED) is 0.466. The zero-order valence-corrected chi connectivity index (χ0v) is 11.2. The molecule has 0 aliphatic rings. The van der Waals surface area contributed by atoms with Gasteiger partial charge in [0.25, 0.3) is 5.69 Å². The van der Waals surface area contributed by atoms with Crippen LogP contribution in [-0.4, -0.2) is 27.2 Å². The molecule has 2 atom stereocenters. The van der Waals surface area contributed by atoms with Gasteiger partial charge in [-0.25, -0.2) is 0 Å². The van der Waals surface area contributed by atoms with Crippen LogP contribution in [0.15, 0.2) is 18.2 Å². The van der Waals surface area contributed by atoms with Crippen molar-refractivity contribution < 1.29 is 9.13 Å². The lowest BCUT2D eigenvalue weighted by Crippen LogP contribution is -2.18. The van der Waals surface area contributed by atoms with E-state index in [1.807, 2.05) is 6.92 Å². The van der Waals surface area contributed by atoms with Crippen molar-refractivity contribution in [3.05, 3.63) is 28.3 Å². The summed E-state index contributed by atoms with van der Waals surface area (Å²) in [6.07, 6.45) is 2.43. The second-order valence-corrected chi connectivity index (χ2v) is 5.70. The molecule has 0 spiro atoms. The van der Waals surface area contributed by atoms with E-state index < -0.39 is 15.7 Å². The summed E-state index contributed by atoms with van der Waals surface area (Å²) in [6.45, 7) is 1.96. The zero-order valence-electron chi connectivity index (χ0n) is 10.4. The van der Waals surface area contributed by atoms with Gasteiger partial charge < -0.3 is 11.1 Å². The fourth-order valence-electron chi connectivity index (χ4n) is 1.51. The third-order valence-corrected chi connectivity index (χ3v) is 3.29. The first-order chi connectivity index (χ1) is 8.40. The maximum atomic E-state index is 11.0. The molecule has 0 saturated carbocycles. The van der Waals surface area contributed by atoms with E-state index in [0.29, 0.717) is 5.75 Å². The number of nitro groups is 1. The second kappa shape index (κ2) is 6.34. The molecule has 1 aromatic carbocycles. The average molecular weight is 271 g/mol. The summed E-state index contributed by atoms with van der Waals surface area (Å²) in [6, 6.07) is 4.67. The molecule has 0 amide bonds. The molecule has 18 heavy (non-hydrogen) atoms. The van der Waals surface area contributed by atoms with E-state index in [4.69, 9.17) is 5.73 Å². The number of nitrogens with two attached hydrogens (primary N) is 1. The Kier molecular flexibility index (Phi) is 5.08. The van der Waals surface area contributed by atoms with E-state index in [1.54, 1.807) is 12.3 Å². The predicted octanol–water partition coefficient (Wildman–Crippen LogP) is 1.75. The number of nitro benzene ring substituents is 1. The minimum Gasteiger partial charge on any atom is -0.393 e. The lowest BCUT2D eigenvalue weighted by Gasteiger charge is -2.14. The minimum absolute atomic E-state index is 0.0946. The number of nitrogen functional groups attached to an aromatic ring is 1. The zero-order chi connectivity index (χ0) is 13.7. The SMILES string of the molecule is CC(CCS(C)=O)Nc1ccc([N+](=O)[O-])c(N)c1. The van der Waals surface area contributed by atoms with E-state index >= 15 is 0 Å². The number of rotatable bonds is 6. The Labute approximate surface area is 108 Å². The molecular formula is C11H17N3O3S. The average Bonchev–Trinajstić information content (AvgIpc) is 2.26. The van der Waals surface area contributed by atoms with Crippen molar-refractivity contribution in [2.24, 2.45) is 0 Å². The van der Waals surface area contributed by atoms with Crippen molar-refractivity contribution in [3.63, 3.8) is 0 Å². The molecule has 3 N–H and O–H groups in total. The van der Waals surface area contributed by atoms with Gasteiger partial charge in [0.05, 0.1) is 4.92 Å². The van der Waals surface area contributed by atoms with E-state index in [2.05, 4.69) is 5.32 Å². The maximum absolute atomic E-state index is 11.0. The van der Waals surface area contributed by atoms with Crippen LogP contribution in [0, 0.1) is 10.1 Å². The highest BCUT2D eigenvalue weighted by atomic mass is 32.2. The first kappa shape index (κ1) is 14.4. The molecule has 0 radical (unpaired) electrons. The summed E-state index contributed by atoms with van der Waals surface area (Å²) in [7, 11) is -0.812. The van der Waals surface area contributed by atoms with Crippen LogP contribution in [0.3, 0.4) is 0 Å². The minimum atomic E-state index is -0.812. The molecule has 1 aromatic rings. The van der Waals surface area contributed by atoms with Gasteiger partial charge >= 0.3 is 0 Å². The number of anilines is 2. The summed E-state index contributed by atoms with van der Waals surface area (Å²) < 4.78 is 11.0. The van der Waals surface area contributed by atoms with Crippen LogP contribution in [0.5, 0.6) is 0 Å². The molecule has 0 fully saturated rings. The van der Waals surface area contributed by atoms with Crippen molar-refractivity contribution in [3.8, 4) is 0 Å². The Bertz CT molecular complexity index is 465. The third kappa shape index (κ3) is 4.33. The standard InChI is InChI=1S/C11H17N3O3S/c1-8(5-6-18(2)17)13-9-3-4-11(14(15)16)10(12)7-9/h3-4,7-8,13H,5-6,12H2,1-2H3. The Morgan fingerprint density at radius 2 is 2.22 bits per heavy atom. The summed E-state index contributed by atoms with van der Waals surface area (Å²) in [5.74, 6) is 0.622. The molecule has 0 bridgehead atoms. The third-order valence-electron chi connectivity index (χ3n) is 2.48. The molecule has 0 aromatic heterocycles. The summed E-state index contributed by atoms with van der Waals surface area (Å²) in [5.41, 5.74) is 6.36. The molecule has 1 rings (SSSR count). The van der Waals surface area contributed by atoms with Gasteiger partial charge in [0.15, 0.2) is 0 Å². The van der Waals surface area contributed by atoms with Crippen LogP contribution in [0.25, 0.3) is 0 Å². The van der Waals surface area contributed by atoms with Crippen molar-refractivity contribution in [2.75, 3.05) is 23.1 Å². The summed E-state index contributed by atoms with van der Waals surface area (Å²) >= 11 is 0. The smallest absolute Gasteiger partial charge is 0.292 e. The van der Waals surface area contributed by atoms with Crippen LogP contribution in [-0.2, 0) is 10.8 Å². The van der Waals surface area contributed by atoms with Gasteiger partial charge in [-0.15, -0.1) is 0 Å². The molecule has 6 nitrogen and oxygen atoms in total. The van der Waals surface area contributed by atoms with Crippen LogP contribution in [0.4, 0.5) is 17.1 Å². The number of nitrogens with zero attached hydrogens (tertiary/aromatic N) is 1. The lowest BCUT2D eigenvalue weighted by atomic mass is 10.2. The van der Waals surface area contributed by atoms with E-state index in [9.17, 15) is 14.3 Å². The Hall–Kier alpha value is -1.63. The highest BCUT2D eigenvalue weighted by Crippen LogP contribution is 2.25. The Balaban J connectivity index is 2.65. The van der Waals surface area contributed by atoms with Crippen molar-refractivity contribution in [2.45, 2.75) is 19.4 Å². The normalized spacial score (nSPS) is 13.9. The molecular weight excluding hydrogens is 254 g/mol. The van der Waals surface area contributed by atoms with Crippen molar-refractivity contribution >= 4 is 27.9 Å². The Morgan fingerprint density at radius 3 is 2.72 bits per heavy atom. The molecule has 2 unspecified atom stereocenters. The largest absolute Gasteiger partial charge is 0.393 e. The van der Waals surface area contributed by atoms with E-state index in [1.165, 1.54) is 12.1 Å². The molecule has 100 valence electrons.